The molecule has 1 fully saturated rings. The Morgan fingerprint density at radius 2 is 0.909 bits per heavy atom. The molecule has 5 heteroatoms. The molecule has 0 aromatic heterocycles. The summed E-state index contributed by atoms with van der Waals surface area (Å²) in [7, 11) is 0. The normalized spacial score (nSPS) is 16.3. The first-order valence-corrected chi connectivity index (χ1v) is 4.50. The van der Waals surface area contributed by atoms with Crippen molar-refractivity contribution < 1.29 is 13.3 Å². The zero-order valence-corrected chi connectivity index (χ0v) is 9.61. The minimum Gasteiger partial charge on any atom is -0.784 e. The van der Waals surface area contributed by atoms with Crippen LogP contribution in [0.1, 0.15) is 38.5 Å². The maximum Gasteiger partial charge on any atom is 2.00 e. The van der Waals surface area contributed by atoms with Gasteiger partial charge in [0, 0.05) is 0 Å². The van der Waals surface area contributed by atoms with Crippen LogP contribution in [-0.2, 0) is 11.4 Å². The Balaban J connectivity index is 0. The first-order chi connectivity index (χ1) is 4.73. The molecule has 3 nitrogen and oxygen atoms in total. The summed E-state index contributed by atoms with van der Waals surface area (Å²) in [6.07, 6.45) is 9.00. The van der Waals surface area contributed by atoms with Gasteiger partial charge in [0.15, 0.2) is 0 Å². The Bertz CT molecular complexity index is 80.3. The van der Waals surface area contributed by atoms with Crippen molar-refractivity contribution in [3.8, 4) is 0 Å². The van der Waals surface area contributed by atoms with Crippen LogP contribution in [0.5, 0.6) is 0 Å². The van der Waals surface area contributed by atoms with Gasteiger partial charge < -0.3 is 9.11 Å². The molecular weight excluding hydrogens is 192 g/mol. The van der Waals surface area contributed by atoms with Gasteiger partial charge in [-0.2, -0.15) is 0 Å². The first-order valence-electron chi connectivity index (χ1n) is 3.50. The van der Waals surface area contributed by atoms with Crippen LogP contribution >= 0.6 is 0 Å². The van der Waals surface area contributed by atoms with Crippen molar-refractivity contribution in [2.45, 2.75) is 38.5 Å². The van der Waals surface area contributed by atoms with Crippen molar-refractivity contribution in [1.29, 1.82) is 0 Å². The number of hydrogen-bond donors (Lipinski definition) is 0. The van der Waals surface area contributed by atoms with Crippen molar-refractivity contribution in [3.05, 3.63) is 0 Å². The van der Waals surface area contributed by atoms with E-state index in [1.807, 2.05) is 0 Å². The summed E-state index contributed by atoms with van der Waals surface area (Å²) in [4.78, 5) is 0. The molecule has 1 aliphatic carbocycles. The number of hydrogen-bond acceptors (Lipinski definition) is 3. The van der Waals surface area contributed by atoms with Crippen LogP contribution in [0.4, 0.5) is 0 Å². The zero-order valence-electron chi connectivity index (χ0n) is 6.58. The van der Waals surface area contributed by atoms with E-state index in [1.165, 1.54) is 38.5 Å². The van der Waals surface area contributed by atoms with Crippen LogP contribution in [0.2, 0.25) is 0 Å². The Morgan fingerprint density at radius 3 is 1.00 bits per heavy atom. The molecule has 0 bridgehead atoms. The molecule has 1 rings (SSSR count). The van der Waals surface area contributed by atoms with Crippen LogP contribution < -0.4 is 0 Å². The third-order valence-electron chi connectivity index (χ3n) is 1.50. The molecule has 0 aromatic rings. The van der Waals surface area contributed by atoms with Gasteiger partial charge in [-0.1, -0.05) is 38.5 Å². The predicted molar refractivity (Wildman–Crippen MR) is 43.2 cm³/mol. The van der Waals surface area contributed by atoms with Crippen LogP contribution in [-0.4, -0.2) is 51.1 Å². The first kappa shape index (κ1) is 14.8. The van der Waals surface area contributed by atoms with Crippen molar-refractivity contribution in [2.24, 2.45) is 0 Å². The fourth-order valence-corrected chi connectivity index (χ4v) is 1.06. The largest absolute Gasteiger partial charge is 2.00 e. The summed E-state index contributed by atoms with van der Waals surface area (Å²) in [6, 6.07) is 0. The van der Waals surface area contributed by atoms with Crippen molar-refractivity contribution >= 4 is 49.1 Å². The molecule has 1 saturated carbocycles. The van der Waals surface area contributed by atoms with Gasteiger partial charge in [-0.15, -0.1) is 11.4 Å². The van der Waals surface area contributed by atoms with E-state index in [-0.39, 0.29) is 37.7 Å². The average Bonchev–Trinajstić information content (AvgIpc) is 1.90. The van der Waals surface area contributed by atoms with Gasteiger partial charge in [-0.25, -0.2) is 0 Å². The summed E-state index contributed by atoms with van der Waals surface area (Å²) in [6.45, 7) is 0. The van der Waals surface area contributed by atoms with E-state index in [0.717, 1.165) is 0 Å². The maximum atomic E-state index is 8.44. The summed E-state index contributed by atoms with van der Waals surface area (Å²) in [5.41, 5.74) is 0. The van der Waals surface area contributed by atoms with E-state index < -0.39 is 11.4 Å². The van der Waals surface area contributed by atoms with Crippen molar-refractivity contribution in [3.63, 3.8) is 0 Å². The molecular formula is C6H12CaO3S. The van der Waals surface area contributed by atoms with Crippen molar-refractivity contribution in [2.75, 3.05) is 0 Å². The molecule has 0 unspecified atom stereocenters. The summed E-state index contributed by atoms with van der Waals surface area (Å²) in [5, 5.41) is 0. The minimum atomic E-state index is -3.11. The van der Waals surface area contributed by atoms with E-state index in [1.54, 1.807) is 0 Å². The Kier molecular flexibility index (Phi) is 15.3. The molecule has 0 spiro atoms. The molecule has 0 heterocycles. The molecule has 1 aliphatic rings. The topological polar surface area (TPSA) is 63.2 Å². The Morgan fingerprint density at radius 1 is 0.818 bits per heavy atom. The van der Waals surface area contributed by atoms with Gasteiger partial charge in [0.05, 0.1) is 0 Å². The van der Waals surface area contributed by atoms with E-state index in [2.05, 4.69) is 0 Å². The fourth-order valence-electron chi connectivity index (χ4n) is 1.06. The zero-order chi connectivity index (χ0) is 7.82. The fraction of sp³-hybridized carbons (Fsp3) is 1.00. The molecule has 0 N–H and O–H groups in total. The van der Waals surface area contributed by atoms with Crippen LogP contribution in [0.15, 0.2) is 0 Å². The summed E-state index contributed by atoms with van der Waals surface area (Å²) < 4.78 is 25.3. The molecule has 0 radical (unpaired) electrons. The van der Waals surface area contributed by atoms with Gasteiger partial charge in [0.1, 0.15) is 0 Å². The molecule has 0 amide bonds. The molecule has 0 aromatic carbocycles. The second-order valence-electron chi connectivity index (χ2n) is 2.33. The molecule has 0 saturated heterocycles. The van der Waals surface area contributed by atoms with Gasteiger partial charge in [-0.05, 0) is 0 Å². The Labute approximate surface area is 100 Å². The maximum absolute atomic E-state index is 8.44. The second kappa shape index (κ2) is 11.3. The molecule has 0 atom stereocenters. The summed E-state index contributed by atoms with van der Waals surface area (Å²) >= 11 is -3.11. The average molecular weight is 204 g/mol. The third-order valence-corrected chi connectivity index (χ3v) is 1.50. The Hall–Kier alpha value is 1.33. The van der Waals surface area contributed by atoms with E-state index in [9.17, 15) is 0 Å². The van der Waals surface area contributed by atoms with Crippen molar-refractivity contribution in [1.82, 2.24) is 0 Å². The second-order valence-corrected chi connectivity index (χ2v) is 2.73. The standard InChI is InChI=1S/C6H12.Ca.H2O3S/c1-2-4-6-5-3-1;;1-4(2)3/h1-6H2;;(H2,1,2,3)/q;+2;/p-2. The molecule has 62 valence electrons. The van der Waals surface area contributed by atoms with Gasteiger partial charge in [0.25, 0.3) is 0 Å². The van der Waals surface area contributed by atoms with Gasteiger partial charge >= 0.3 is 37.7 Å². The summed E-state index contributed by atoms with van der Waals surface area (Å²) in [5.74, 6) is 0. The van der Waals surface area contributed by atoms with E-state index >= 15 is 0 Å². The minimum absolute atomic E-state index is 0. The van der Waals surface area contributed by atoms with Gasteiger partial charge in [-0.3, -0.25) is 4.21 Å². The number of rotatable bonds is 0. The van der Waals surface area contributed by atoms with Gasteiger partial charge in [0.2, 0.25) is 0 Å². The SMILES string of the molecule is C1CCCCC1.O=S([O-])[O-].[Ca+2]. The monoisotopic (exact) mass is 204 g/mol. The van der Waals surface area contributed by atoms with Crippen LogP contribution in [0.3, 0.4) is 0 Å². The molecule has 0 aliphatic heterocycles. The van der Waals surface area contributed by atoms with Crippen LogP contribution in [0, 0.1) is 0 Å². The van der Waals surface area contributed by atoms with E-state index in [4.69, 9.17) is 13.3 Å². The van der Waals surface area contributed by atoms with Crippen LogP contribution in [0.25, 0.3) is 0 Å². The smallest absolute Gasteiger partial charge is 0.784 e. The quantitative estimate of drug-likeness (QED) is 0.436. The third kappa shape index (κ3) is 18.4. The predicted octanol–water partition coefficient (Wildman–Crippen LogP) is 0.956. The molecule has 11 heavy (non-hydrogen) atoms. The van der Waals surface area contributed by atoms with E-state index in [0.29, 0.717) is 0 Å².